The maximum Gasteiger partial charge on any atom is 0.239 e. The Labute approximate surface area is 152 Å². The third kappa shape index (κ3) is 4.81. The summed E-state index contributed by atoms with van der Waals surface area (Å²) in [5.41, 5.74) is -0.216. The second-order valence-corrected chi connectivity index (χ2v) is 6.41. The van der Waals surface area contributed by atoms with E-state index in [-0.39, 0.29) is 12.4 Å². The lowest BCUT2D eigenvalue weighted by Crippen LogP contribution is -2.45. The predicted octanol–water partition coefficient (Wildman–Crippen LogP) is 3.16. The molecule has 0 spiro atoms. The van der Waals surface area contributed by atoms with Crippen molar-refractivity contribution in [2.75, 3.05) is 19.0 Å². The second kappa shape index (κ2) is 8.47. The van der Waals surface area contributed by atoms with E-state index in [4.69, 9.17) is 4.74 Å². The van der Waals surface area contributed by atoms with Gasteiger partial charge in [-0.15, -0.1) is 0 Å². The first-order valence-electron chi connectivity index (χ1n) is 8.32. The minimum atomic E-state index is -1.28. The highest BCUT2D eigenvalue weighted by Gasteiger charge is 2.35. The Morgan fingerprint density at radius 1 is 1.08 bits per heavy atom. The highest BCUT2D eigenvalue weighted by Crippen LogP contribution is 2.22. The smallest absolute Gasteiger partial charge is 0.239 e. The van der Waals surface area contributed by atoms with Crippen molar-refractivity contribution in [3.05, 3.63) is 59.9 Å². The zero-order chi connectivity index (χ0) is 19.2. The van der Waals surface area contributed by atoms with Crippen molar-refractivity contribution in [3.8, 4) is 5.75 Å². The molecule has 0 unspecified atom stereocenters. The van der Waals surface area contributed by atoms with Gasteiger partial charge in [-0.2, -0.15) is 0 Å². The van der Waals surface area contributed by atoms with Crippen LogP contribution >= 0.6 is 0 Å². The standard InChI is InChI=1S/C20H23FN2O3/c1-20(2,19(25)23-15-8-6-9-16(13-15)26-3)18(24)22-12-11-14-7-4-5-10-17(14)21/h4-10,13H,11-12H2,1-3H3,(H,22,24)(H,23,25). The minimum Gasteiger partial charge on any atom is -0.497 e. The van der Waals surface area contributed by atoms with Gasteiger partial charge in [0.1, 0.15) is 17.0 Å². The topological polar surface area (TPSA) is 67.4 Å². The molecular weight excluding hydrogens is 335 g/mol. The van der Waals surface area contributed by atoms with Gasteiger partial charge in [0, 0.05) is 18.3 Å². The molecule has 0 aromatic heterocycles. The van der Waals surface area contributed by atoms with Crippen molar-refractivity contribution in [3.63, 3.8) is 0 Å². The number of rotatable bonds is 7. The summed E-state index contributed by atoms with van der Waals surface area (Å²) >= 11 is 0. The fourth-order valence-electron chi connectivity index (χ4n) is 2.32. The van der Waals surface area contributed by atoms with Crippen LogP contribution in [0.3, 0.4) is 0 Å². The third-order valence-corrected chi connectivity index (χ3v) is 4.10. The van der Waals surface area contributed by atoms with Gasteiger partial charge in [0.05, 0.1) is 7.11 Å². The van der Waals surface area contributed by atoms with E-state index in [2.05, 4.69) is 10.6 Å². The number of carbonyl (C=O) groups excluding carboxylic acids is 2. The van der Waals surface area contributed by atoms with Crippen LogP contribution in [-0.2, 0) is 16.0 Å². The van der Waals surface area contributed by atoms with Gasteiger partial charge >= 0.3 is 0 Å². The van der Waals surface area contributed by atoms with E-state index in [1.165, 1.54) is 13.2 Å². The molecule has 0 saturated heterocycles. The summed E-state index contributed by atoms with van der Waals surface area (Å²) in [6, 6.07) is 13.3. The van der Waals surface area contributed by atoms with Crippen molar-refractivity contribution in [1.82, 2.24) is 5.32 Å². The van der Waals surface area contributed by atoms with Crippen LogP contribution < -0.4 is 15.4 Å². The normalized spacial score (nSPS) is 10.9. The van der Waals surface area contributed by atoms with E-state index in [0.29, 0.717) is 23.4 Å². The number of amides is 2. The molecule has 2 aromatic rings. The molecule has 5 nitrogen and oxygen atoms in total. The van der Waals surface area contributed by atoms with E-state index in [1.807, 2.05) is 0 Å². The summed E-state index contributed by atoms with van der Waals surface area (Å²) in [4.78, 5) is 24.9. The van der Waals surface area contributed by atoms with Crippen molar-refractivity contribution in [2.24, 2.45) is 5.41 Å². The Kier molecular flexibility index (Phi) is 6.33. The number of hydrogen-bond acceptors (Lipinski definition) is 3. The molecule has 0 saturated carbocycles. The molecule has 2 amide bonds. The average Bonchev–Trinajstić information content (AvgIpc) is 2.63. The van der Waals surface area contributed by atoms with Gasteiger partial charge in [0.25, 0.3) is 0 Å². The van der Waals surface area contributed by atoms with E-state index in [9.17, 15) is 14.0 Å². The van der Waals surface area contributed by atoms with Crippen molar-refractivity contribution in [1.29, 1.82) is 0 Å². The van der Waals surface area contributed by atoms with E-state index < -0.39 is 17.2 Å². The van der Waals surface area contributed by atoms with Crippen LogP contribution in [0.2, 0.25) is 0 Å². The highest BCUT2D eigenvalue weighted by molar-refractivity contribution is 6.09. The summed E-state index contributed by atoms with van der Waals surface area (Å²) in [6.45, 7) is 3.33. The number of carbonyl (C=O) groups is 2. The van der Waals surface area contributed by atoms with Gasteiger partial charge in [-0.25, -0.2) is 4.39 Å². The number of hydrogen-bond donors (Lipinski definition) is 2. The lowest BCUT2D eigenvalue weighted by Gasteiger charge is -2.23. The van der Waals surface area contributed by atoms with Gasteiger partial charge in [-0.1, -0.05) is 24.3 Å². The van der Waals surface area contributed by atoms with Crippen molar-refractivity contribution in [2.45, 2.75) is 20.3 Å². The first kappa shape index (κ1) is 19.4. The van der Waals surface area contributed by atoms with Gasteiger partial charge in [-0.3, -0.25) is 9.59 Å². The van der Waals surface area contributed by atoms with Gasteiger partial charge in [-0.05, 0) is 44.0 Å². The predicted molar refractivity (Wildman–Crippen MR) is 98.5 cm³/mol. The zero-order valence-corrected chi connectivity index (χ0v) is 15.1. The number of benzene rings is 2. The highest BCUT2D eigenvalue weighted by atomic mass is 19.1. The molecule has 2 aromatic carbocycles. The molecule has 0 heterocycles. The Bertz CT molecular complexity index is 790. The largest absolute Gasteiger partial charge is 0.497 e. The van der Waals surface area contributed by atoms with Gasteiger partial charge < -0.3 is 15.4 Å². The molecule has 138 valence electrons. The van der Waals surface area contributed by atoms with Crippen LogP contribution in [0, 0.1) is 11.2 Å². The summed E-state index contributed by atoms with van der Waals surface area (Å²) in [5.74, 6) is -0.560. The number of ether oxygens (including phenoxy) is 1. The molecule has 0 radical (unpaired) electrons. The van der Waals surface area contributed by atoms with Crippen LogP contribution in [0.5, 0.6) is 5.75 Å². The van der Waals surface area contributed by atoms with Crippen molar-refractivity contribution < 1.29 is 18.7 Å². The van der Waals surface area contributed by atoms with E-state index >= 15 is 0 Å². The Morgan fingerprint density at radius 3 is 2.50 bits per heavy atom. The van der Waals surface area contributed by atoms with Gasteiger partial charge in [0.2, 0.25) is 11.8 Å². The van der Waals surface area contributed by atoms with Crippen molar-refractivity contribution >= 4 is 17.5 Å². The molecule has 0 bridgehead atoms. The molecule has 0 aliphatic rings. The maximum absolute atomic E-state index is 13.6. The lowest BCUT2D eigenvalue weighted by atomic mass is 9.90. The molecule has 26 heavy (non-hydrogen) atoms. The fraction of sp³-hybridized carbons (Fsp3) is 0.300. The fourth-order valence-corrected chi connectivity index (χ4v) is 2.32. The summed E-state index contributed by atoms with van der Waals surface area (Å²) in [6.07, 6.45) is 0.353. The van der Waals surface area contributed by atoms with Crippen LogP contribution in [0.15, 0.2) is 48.5 Å². The van der Waals surface area contributed by atoms with E-state index in [0.717, 1.165) is 0 Å². The monoisotopic (exact) mass is 358 g/mol. The van der Waals surface area contributed by atoms with Crippen LogP contribution in [-0.4, -0.2) is 25.5 Å². The summed E-state index contributed by atoms with van der Waals surface area (Å²) < 4.78 is 18.7. The first-order valence-corrected chi connectivity index (χ1v) is 8.32. The Morgan fingerprint density at radius 2 is 1.81 bits per heavy atom. The number of anilines is 1. The second-order valence-electron chi connectivity index (χ2n) is 6.41. The molecule has 0 atom stereocenters. The van der Waals surface area contributed by atoms with Gasteiger partial charge in [0.15, 0.2) is 0 Å². The molecular formula is C20H23FN2O3. The third-order valence-electron chi connectivity index (χ3n) is 4.10. The molecule has 0 fully saturated rings. The maximum atomic E-state index is 13.6. The Balaban J connectivity index is 1.93. The lowest BCUT2D eigenvalue weighted by molar-refractivity contribution is -0.138. The summed E-state index contributed by atoms with van der Waals surface area (Å²) in [7, 11) is 1.54. The number of methoxy groups -OCH3 is 1. The molecule has 0 aliphatic heterocycles. The van der Waals surface area contributed by atoms with Crippen LogP contribution in [0.1, 0.15) is 19.4 Å². The Hall–Kier alpha value is -2.89. The molecule has 2 rings (SSSR count). The SMILES string of the molecule is COc1cccc(NC(=O)C(C)(C)C(=O)NCCc2ccccc2F)c1. The molecule has 2 N–H and O–H groups in total. The minimum absolute atomic E-state index is 0.246. The molecule has 0 aliphatic carbocycles. The quantitative estimate of drug-likeness (QED) is 0.747. The number of nitrogens with one attached hydrogen (secondary N) is 2. The average molecular weight is 358 g/mol. The number of halogens is 1. The van der Waals surface area contributed by atoms with Crippen LogP contribution in [0.25, 0.3) is 0 Å². The zero-order valence-electron chi connectivity index (χ0n) is 15.1. The first-order chi connectivity index (χ1) is 12.3. The van der Waals surface area contributed by atoms with Crippen LogP contribution in [0.4, 0.5) is 10.1 Å². The summed E-state index contributed by atoms with van der Waals surface area (Å²) in [5, 5.41) is 5.41. The van der Waals surface area contributed by atoms with E-state index in [1.54, 1.807) is 56.3 Å². The molecule has 6 heteroatoms.